The highest BCUT2D eigenvalue weighted by Crippen LogP contribution is 2.26. The second kappa shape index (κ2) is 8.65. The number of nitrogens with zero attached hydrogens (tertiary/aromatic N) is 4. The van der Waals surface area contributed by atoms with Gasteiger partial charge in [-0.05, 0) is 65.2 Å². The molecular weight excluding hydrogens is 467 g/mol. The van der Waals surface area contributed by atoms with Crippen LogP contribution in [0.3, 0.4) is 0 Å². The lowest BCUT2D eigenvalue weighted by Gasteiger charge is -2.19. The monoisotopic (exact) mass is 484 g/mol. The van der Waals surface area contributed by atoms with Crippen LogP contribution in [0.15, 0.2) is 36.6 Å². The molecule has 1 amide bonds. The summed E-state index contributed by atoms with van der Waals surface area (Å²) in [7, 11) is 0. The Labute approximate surface area is 177 Å². The van der Waals surface area contributed by atoms with Crippen molar-refractivity contribution in [2.75, 3.05) is 18.5 Å². The lowest BCUT2D eigenvalue weighted by Crippen LogP contribution is -2.41. The van der Waals surface area contributed by atoms with E-state index in [0.29, 0.717) is 5.69 Å². The second-order valence-corrected chi connectivity index (χ2v) is 7.94. The van der Waals surface area contributed by atoms with E-state index in [-0.39, 0.29) is 35.0 Å². The zero-order valence-electron chi connectivity index (χ0n) is 16.2. The third kappa shape index (κ3) is 5.23. The molecule has 0 aliphatic carbocycles. The van der Waals surface area contributed by atoms with E-state index in [1.807, 2.05) is 20.8 Å². The highest BCUT2D eigenvalue weighted by molar-refractivity contribution is 9.10. The molecule has 2 aromatic heterocycles. The van der Waals surface area contributed by atoms with Crippen molar-refractivity contribution in [1.29, 1.82) is 0 Å². The van der Waals surface area contributed by atoms with Gasteiger partial charge >= 0.3 is 11.8 Å². The predicted molar refractivity (Wildman–Crippen MR) is 106 cm³/mol. The van der Waals surface area contributed by atoms with Crippen molar-refractivity contribution in [3.63, 3.8) is 0 Å². The Morgan fingerprint density at radius 2 is 2.10 bits per heavy atom. The van der Waals surface area contributed by atoms with Gasteiger partial charge in [0.1, 0.15) is 12.4 Å². The number of halogens is 2. The minimum atomic E-state index is -0.887. The summed E-state index contributed by atoms with van der Waals surface area (Å²) in [6, 6.07) is 4.01. The number of hydrogen-bond donors (Lipinski definition) is 2. The second-order valence-electron chi connectivity index (χ2n) is 7.08. The Hall–Kier alpha value is -3.22. The first-order valence-corrected chi connectivity index (χ1v) is 9.51. The molecule has 0 spiro atoms. The number of ether oxygens (including phenoxy) is 1. The van der Waals surface area contributed by atoms with Crippen molar-refractivity contribution >= 4 is 27.8 Å². The molecule has 3 aromatic rings. The van der Waals surface area contributed by atoms with Crippen LogP contribution < -0.4 is 16.4 Å². The summed E-state index contributed by atoms with van der Waals surface area (Å²) in [6.07, 6.45) is -0.560. The number of benzene rings is 1. The van der Waals surface area contributed by atoms with E-state index in [4.69, 9.17) is 13.9 Å². The Balaban J connectivity index is 1.73. The van der Waals surface area contributed by atoms with Gasteiger partial charge in [0.05, 0.1) is 16.7 Å². The third-order valence-corrected chi connectivity index (χ3v) is 4.11. The average molecular weight is 485 g/mol. The van der Waals surface area contributed by atoms with Gasteiger partial charge in [0.15, 0.2) is 5.69 Å². The third-order valence-electron chi connectivity index (χ3n) is 3.50. The molecule has 0 radical (unpaired) electrons. The molecule has 0 saturated heterocycles. The van der Waals surface area contributed by atoms with Crippen molar-refractivity contribution in [2.45, 2.75) is 26.3 Å². The van der Waals surface area contributed by atoms with Gasteiger partial charge in [-0.15, -0.1) is 4.98 Å². The molecule has 0 unspecified atom stereocenters. The maximum Gasteiger partial charge on any atom is 0.460 e. The number of nitrogens with one attached hydrogen (secondary N) is 2. The van der Waals surface area contributed by atoms with Gasteiger partial charge in [0.25, 0.3) is 0 Å². The van der Waals surface area contributed by atoms with Crippen molar-refractivity contribution in [3.05, 3.63) is 39.0 Å². The van der Waals surface area contributed by atoms with Gasteiger partial charge in [0.2, 0.25) is 11.6 Å². The summed E-state index contributed by atoms with van der Waals surface area (Å²) in [5.41, 5.74) is -0.0101. The molecule has 0 saturated carbocycles. The number of carbonyl (C=O) groups is 1. The highest BCUT2D eigenvalue weighted by Gasteiger charge is 2.22. The minimum absolute atomic E-state index is 0.00588. The molecule has 0 atom stereocenters. The summed E-state index contributed by atoms with van der Waals surface area (Å²) in [4.78, 5) is 27.2. The quantitative estimate of drug-likeness (QED) is 0.505. The molecule has 11 nitrogen and oxygen atoms in total. The molecule has 0 fully saturated rings. The van der Waals surface area contributed by atoms with Gasteiger partial charge < -0.3 is 19.9 Å². The van der Waals surface area contributed by atoms with Crippen LogP contribution in [0.5, 0.6) is 0 Å². The van der Waals surface area contributed by atoms with Crippen LogP contribution in [0, 0.1) is 5.82 Å². The topological polar surface area (TPSA) is 137 Å². The standard InChI is InChI=1S/C17H18BrFN6O5/c1-17(2,3)22-16(27)28-7-6-20-13-12(23-30-24-13)14-21-15(26)29-25(14)9-4-5-11(19)10(18)8-9/h4-5,8H,6-7H2,1-3H3,(H,20,24)(H,22,27). The molecule has 0 aliphatic rings. The molecule has 2 heterocycles. The van der Waals surface area contributed by atoms with Crippen molar-refractivity contribution < 1.29 is 23.1 Å². The van der Waals surface area contributed by atoms with Gasteiger partial charge in [-0.2, -0.15) is 4.74 Å². The first kappa shape index (κ1) is 21.5. The molecule has 3 rings (SSSR count). The number of anilines is 1. The maximum atomic E-state index is 13.5. The summed E-state index contributed by atoms with van der Waals surface area (Å²) in [5.74, 6) is -1.22. The summed E-state index contributed by atoms with van der Waals surface area (Å²) >= 11 is 3.08. The molecule has 1 aromatic carbocycles. The Bertz CT molecular complexity index is 1100. The molecule has 160 valence electrons. The Kier molecular flexibility index (Phi) is 6.20. The van der Waals surface area contributed by atoms with E-state index in [9.17, 15) is 14.0 Å². The minimum Gasteiger partial charge on any atom is -0.448 e. The summed E-state index contributed by atoms with van der Waals surface area (Å²) in [6.45, 7) is 5.71. The smallest absolute Gasteiger partial charge is 0.448 e. The van der Waals surface area contributed by atoms with E-state index >= 15 is 0 Å². The number of aromatic nitrogens is 4. The Morgan fingerprint density at radius 3 is 2.80 bits per heavy atom. The fraction of sp³-hybridized carbons (Fsp3) is 0.353. The molecule has 0 bridgehead atoms. The first-order chi connectivity index (χ1) is 14.1. The number of hydrogen-bond acceptors (Lipinski definition) is 9. The van der Waals surface area contributed by atoms with E-state index in [1.54, 1.807) is 0 Å². The summed E-state index contributed by atoms with van der Waals surface area (Å²) in [5, 5.41) is 13.0. The van der Waals surface area contributed by atoms with Crippen LogP contribution in [-0.4, -0.2) is 44.8 Å². The predicted octanol–water partition coefficient (Wildman–Crippen LogP) is 2.71. The van der Waals surface area contributed by atoms with Crippen molar-refractivity contribution in [2.24, 2.45) is 0 Å². The first-order valence-electron chi connectivity index (χ1n) is 8.71. The Morgan fingerprint density at radius 1 is 1.33 bits per heavy atom. The lowest BCUT2D eigenvalue weighted by atomic mass is 10.1. The van der Waals surface area contributed by atoms with E-state index in [0.717, 1.165) is 4.74 Å². The molecule has 30 heavy (non-hydrogen) atoms. The van der Waals surface area contributed by atoms with Gasteiger partial charge in [-0.25, -0.2) is 18.6 Å². The van der Waals surface area contributed by atoms with Crippen molar-refractivity contribution in [3.8, 4) is 17.2 Å². The van der Waals surface area contributed by atoms with Gasteiger partial charge in [-0.1, -0.05) is 0 Å². The fourth-order valence-electron chi connectivity index (χ4n) is 2.32. The highest BCUT2D eigenvalue weighted by atomic mass is 79.9. The number of carbonyl (C=O) groups excluding carboxylic acids is 1. The van der Waals surface area contributed by atoms with Crippen LogP contribution >= 0.6 is 15.9 Å². The van der Waals surface area contributed by atoms with Crippen LogP contribution in [0.25, 0.3) is 17.2 Å². The maximum absolute atomic E-state index is 13.5. The fourth-order valence-corrected chi connectivity index (χ4v) is 2.68. The van der Waals surface area contributed by atoms with Gasteiger partial charge in [0, 0.05) is 5.54 Å². The van der Waals surface area contributed by atoms with Crippen molar-refractivity contribution in [1.82, 2.24) is 25.4 Å². The van der Waals surface area contributed by atoms with E-state index in [1.165, 1.54) is 18.2 Å². The van der Waals surface area contributed by atoms with Crippen LogP contribution in [-0.2, 0) is 4.74 Å². The zero-order valence-corrected chi connectivity index (χ0v) is 17.8. The number of alkyl carbamates (subject to hydrolysis) is 1. The number of rotatable bonds is 6. The zero-order chi connectivity index (χ0) is 21.9. The van der Waals surface area contributed by atoms with Crippen LogP contribution in [0.2, 0.25) is 0 Å². The molecule has 2 N–H and O–H groups in total. The van der Waals surface area contributed by atoms with E-state index in [2.05, 4.69) is 41.9 Å². The van der Waals surface area contributed by atoms with Gasteiger partial charge in [-0.3, -0.25) is 0 Å². The van der Waals surface area contributed by atoms with Crippen LogP contribution in [0.4, 0.5) is 15.0 Å². The molecule has 0 aliphatic heterocycles. The average Bonchev–Trinajstić information content (AvgIpc) is 3.25. The number of amides is 1. The lowest BCUT2D eigenvalue weighted by molar-refractivity contribution is 0.141. The molecule has 13 heteroatoms. The van der Waals surface area contributed by atoms with Crippen LogP contribution in [0.1, 0.15) is 20.8 Å². The SMILES string of the molecule is CC(C)(C)NC(=O)OCCNc1nonc1-c1nc(=O)on1-c1ccc(F)c(Br)c1. The normalized spacial score (nSPS) is 11.4. The summed E-state index contributed by atoms with van der Waals surface area (Å²) < 4.78 is 29.6. The molecular formula is C17H18BrFN6O5. The van der Waals surface area contributed by atoms with E-state index < -0.39 is 23.2 Å². The largest absolute Gasteiger partial charge is 0.460 e.